The molecule has 9 heteroatoms. The first-order chi connectivity index (χ1) is 16.2. The highest BCUT2D eigenvalue weighted by molar-refractivity contribution is 9.10. The average Bonchev–Trinajstić information content (AvgIpc) is 2.79. The van der Waals surface area contributed by atoms with Crippen molar-refractivity contribution in [1.29, 1.82) is 0 Å². The molecule has 0 spiro atoms. The molecule has 1 aliphatic heterocycles. The van der Waals surface area contributed by atoms with Crippen molar-refractivity contribution in [3.8, 4) is 11.5 Å². The largest absolute Gasteiger partial charge is 0.497 e. The van der Waals surface area contributed by atoms with E-state index in [-0.39, 0.29) is 12.2 Å². The number of piperidine rings is 1. The molecule has 0 aliphatic carbocycles. The lowest BCUT2D eigenvalue weighted by atomic mass is 10.1. The molecule has 4 rings (SSSR count). The highest BCUT2D eigenvalue weighted by atomic mass is 79.9. The van der Waals surface area contributed by atoms with Crippen molar-refractivity contribution < 1.29 is 19.0 Å². The van der Waals surface area contributed by atoms with E-state index in [0.717, 1.165) is 39.7 Å². The monoisotopic (exact) mass is 528 g/mol. The number of benzene rings is 2. The van der Waals surface area contributed by atoms with Gasteiger partial charge in [-0.3, -0.25) is 0 Å². The molecular formula is C25H29BrN4O4. The maximum atomic E-state index is 12.3. The van der Waals surface area contributed by atoms with Crippen LogP contribution in [0.3, 0.4) is 0 Å². The van der Waals surface area contributed by atoms with Gasteiger partial charge in [-0.15, -0.1) is 0 Å². The van der Waals surface area contributed by atoms with Gasteiger partial charge < -0.3 is 24.4 Å². The van der Waals surface area contributed by atoms with E-state index >= 15 is 0 Å². The van der Waals surface area contributed by atoms with Crippen LogP contribution >= 0.6 is 15.9 Å². The van der Waals surface area contributed by atoms with Gasteiger partial charge >= 0.3 is 6.09 Å². The number of aromatic nitrogens is 2. The number of likely N-dealkylation sites (tertiary alicyclic amines) is 1. The molecule has 3 aromatic rings. The fourth-order valence-electron chi connectivity index (χ4n) is 3.67. The van der Waals surface area contributed by atoms with Crippen LogP contribution in [0.2, 0.25) is 0 Å². The van der Waals surface area contributed by atoms with Crippen LogP contribution in [0.4, 0.5) is 16.4 Å². The molecule has 1 amide bonds. The number of nitrogens with one attached hydrogen (secondary N) is 1. The molecule has 1 fully saturated rings. The maximum absolute atomic E-state index is 12.3. The van der Waals surface area contributed by atoms with Gasteiger partial charge in [-0.05, 0) is 54.9 Å². The number of fused-ring (bicyclic) bond motifs is 1. The van der Waals surface area contributed by atoms with Crippen molar-refractivity contribution >= 4 is 44.6 Å². The van der Waals surface area contributed by atoms with Crippen molar-refractivity contribution in [2.75, 3.05) is 25.5 Å². The van der Waals surface area contributed by atoms with Gasteiger partial charge in [0.2, 0.25) is 5.95 Å². The number of carbonyl (C=O) groups excluding carboxylic acids is 1. The fraction of sp³-hybridized carbons (Fsp3) is 0.400. The number of ether oxygens (including phenoxy) is 3. The molecule has 0 unspecified atom stereocenters. The zero-order valence-electron chi connectivity index (χ0n) is 19.8. The van der Waals surface area contributed by atoms with Gasteiger partial charge in [0.1, 0.15) is 23.2 Å². The van der Waals surface area contributed by atoms with Crippen molar-refractivity contribution in [2.24, 2.45) is 0 Å². The number of halogens is 1. The predicted octanol–water partition coefficient (Wildman–Crippen LogP) is 5.92. The summed E-state index contributed by atoms with van der Waals surface area (Å²) in [5.41, 5.74) is 1.11. The van der Waals surface area contributed by atoms with Gasteiger partial charge in [-0.25, -0.2) is 14.8 Å². The van der Waals surface area contributed by atoms with Crippen molar-refractivity contribution in [3.05, 3.63) is 47.1 Å². The molecule has 0 radical (unpaired) electrons. The topological polar surface area (TPSA) is 85.8 Å². The first kappa shape index (κ1) is 24.1. The van der Waals surface area contributed by atoms with Crippen molar-refractivity contribution in [2.45, 2.75) is 45.3 Å². The zero-order chi connectivity index (χ0) is 24.3. The SMILES string of the molecule is COc1cccc(Nc2ncc3cc(Br)c(OC4CCN(C(=O)OC(C)(C)C)CC4)cc3n2)c1. The summed E-state index contributed by atoms with van der Waals surface area (Å²) in [5, 5.41) is 4.11. The Morgan fingerprint density at radius 1 is 1.18 bits per heavy atom. The summed E-state index contributed by atoms with van der Waals surface area (Å²) >= 11 is 3.61. The van der Waals surface area contributed by atoms with E-state index in [1.54, 1.807) is 18.2 Å². The lowest BCUT2D eigenvalue weighted by Gasteiger charge is -2.33. The molecule has 1 aliphatic rings. The summed E-state index contributed by atoms with van der Waals surface area (Å²) in [7, 11) is 1.63. The summed E-state index contributed by atoms with van der Waals surface area (Å²) in [5.74, 6) is 1.96. The number of methoxy groups -OCH3 is 1. The summed E-state index contributed by atoms with van der Waals surface area (Å²) in [6, 6.07) is 11.5. The van der Waals surface area contributed by atoms with E-state index < -0.39 is 5.60 Å². The quantitative estimate of drug-likeness (QED) is 0.439. The van der Waals surface area contributed by atoms with Crippen molar-refractivity contribution in [3.63, 3.8) is 0 Å². The van der Waals surface area contributed by atoms with Crippen LogP contribution in [0.1, 0.15) is 33.6 Å². The minimum absolute atomic E-state index is 0.00338. The van der Waals surface area contributed by atoms with Crippen molar-refractivity contribution in [1.82, 2.24) is 14.9 Å². The Bertz CT molecular complexity index is 1170. The molecule has 180 valence electrons. The number of hydrogen-bond donors (Lipinski definition) is 1. The fourth-order valence-corrected chi connectivity index (χ4v) is 4.13. The van der Waals surface area contributed by atoms with Gasteiger partial charge in [0.25, 0.3) is 0 Å². The Kier molecular flexibility index (Phi) is 7.11. The Hall–Kier alpha value is -3.07. The second-order valence-corrected chi connectivity index (χ2v) is 10.0. The highest BCUT2D eigenvalue weighted by Crippen LogP contribution is 2.32. The van der Waals surface area contributed by atoms with E-state index in [0.29, 0.717) is 24.8 Å². The summed E-state index contributed by atoms with van der Waals surface area (Å²) < 4.78 is 17.9. The third kappa shape index (κ3) is 6.08. The molecule has 0 saturated carbocycles. The summed E-state index contributed by atoms with van der Waals surface area (Å²) in [6.07, 6.45) is 2.97. The van der Waals surface area contributed by atoms with Gasteiger partial charge in [-0.2, -0.15) is 0 Å². The molecule has 8 nitrogen and oxygen atoms in total. The normalized spacial score (nSPS) is 14.7. The molecule has 2 aromatic carbocycles. The second kappa shape index (κ2) is 10.0. The molecule has 1 aromatic heterocycles. The summed E-state index contributed by atoms with van der Waals surface area (Å²) in [6.45, 7) is 6.82. The Balaban J connectivity index is 1.43. The summed E-state index contributed by atoms with van der Waals surface area (Å²) in [4.78, 5) is 23.1. The van der Waals surface area contributed by atoms with Crippen LogP contribution in [0.15, 0.2) is 47.1 Å². The van der Waals surface area contributed by atoms with Gasteiger partial charge in [0.05, 0.1) is 17.1 Å². The van der Waals surface area contributed by atoms with E-state index in [2.05, 4.69) is 31.2 Å². The number of anilines is 2. The first-order valence-electron chi connectivity index (χ1n) is 11.2. The molecule has 2 heterocycles. The lowest BCUT2D eigenvalue weighted by Crippen LogP contribution is -2.44. The van der Waals surface area contributed by atoms with Crippen LogP contribution in [0.5, 0.6) is 11.5 Å². The maximum Gasteiger partial charge on any atom is 0.410 e. The van der Waals surface area contributed by atoms with E-state index in [9.17, 15) is 4.79 Å². The van der Waals surface area contributed by atoms with E-state index in [4.69, 9.17) is 14.2 Å². The van der Waals surface area contributed by atoms with Crippen LogP contribution in [-0.4, -0.2) is 52.9 Å². The number of hydrogen-bond acceptors (Lipinski definition) is 7. The Labute approximate surface area is 207 Å². The second-order valence-electron chi connectivity index (χ2n) is 9.18. The zero-order valence-corrected chi connectivity index (χ0v) is 21.4. The Morgan fingerprint density at radius 3 is 2.65 bits per heavy atom. The molecule has 1 N–H and O–H groups in total. The highest BCUT2D eigenvalue weighted by Gasteiger charge is 2.28. The predicted molar refractivity (Wildman–Crippen MR) is 135 cm³/mol. The number of nitrogens with zero attached hydrogens (tertiary/aromatic N) is 3. The Morgan fingerprint density at radius 2 is 1.94 bits per heavy atom. The minimum Gasteiger partial charge on any atom is -0.497 e. The van der Waals surface area contributed by atoms with Gasteiger partial charge in [-0.1, -0.05) is 6.07 Å². The first-order valence-corrected chi connectivity index (χ1v) is 12.0. The number of rotatable bonds is 5. The van der Waals surface area contributed by atoms with E-state index in [1.165, 1.54) is 0 Å². The molecule has 34 heavy (non-hydrogen) atoms. The van der Waals surface area contributed by atoms with Crippen LogP contribution in [0.25, 0.3) is 10.9 Å². The standard InChI is InChI=1S/C25H29BrN4O4/c1-25(2,3)34-24(31)30-10-8-18(9-11-30)33-22-14-21-16(12-20(22)26)15-27-23(29-21)28-17-6-5-7-19(13-17)32-4/h5-7,12-15,18H,8-11H2,1-4H3,(H,27,28,29). The van der Waals surface area contributed by atoms with Gasteiger partial charge in [0.15, 0.2) is 0 Å². The lowest BCUT2D eigenvalue weighted by molar-refractivity contribution is 0.0126. The molecule has 0 atom stereocenters. The molecule has 0 bridgehead atoms. The smallest absolute Gasteiger partial charge is 0.410 e. The van der Waals surface area contributed by atoms with Crippen LogP contribution in [-0.2, 0) is 4.74 Å². The van der Waals surface area contributed by atoms with Crippen LogP contribution in [0, 0.1) is 0 Å². The third-order valence-electron chi connectivity index (χ3n) is 5.35. The van der Waals surface area contributed by atoms with E-state index in [1.807, 2.05) is 57.2 Å². The van der Waals surface area contributed by atoms with Gasteiger partial charge in [0, 0.05) is 55.3 Å². The molecular weight excluding hydrogens is 500 g/mol. The number of amides is 1. The van der Waals surface area contributed by atoms with Crippen LogP contribution < -0.4 is 14.8 Å². The number of carbonyl (C=O) groups is 1. The third-order valence-corrected chi connectivity index (χ3v) is 5.97. The molecule has 1 saturated heterocycles. The average molecular weight is 529 g/mol. The minimum atomic E-state index is -0.497.